The van der Waals surface area contributed by atoms with Crippen LogP contribution >= 0.6 is 0 Å². The van der Waals surface area contributed by atoms with Crippen molar-refractivity contribution in [3.8, 4) is 0 Å². The molecule has 0 aliphatic carbocycles. The average Bonchev–Trinajstić information content (AvgIpc) is 2.90. The largest absolute Gasteiger partial charge is 0.353 e. The van der Waals surface area contributed by atoms with Crippen molar-refractivity contribution < 1.29 is 4.79 Å². The molecule has 0 spiro atoms. The second-order valence-electron chi connectivity index (χ2n) is 9.66. The Morgan fingerprint density at radius 3 is 2.63 bits per heavy atom. The summed E-state index contributed by atoms with van der Waals surface area (Å²) in [7, 11) is 0. The molecule has 8 nitrogen and oxygen atoms in total. The van der Waals surface area contributed by atoms with E-state index in [0.29, 0.717) is 30.1 Å². The van der Waals surface area contributed by atoms with Gasteiger partial charge in [-0.05, 0) is 50.3 Å². The number of nitrogens with one attached hydrogen (secondary N) is 1. The molecule has 5 rings (SSSR count). The first-order valence-electron chi connectivity index (χ1n) is 12.8. The molecule has 184 valence electrons. The monoisotopic (exact) mass is 474 g/mol. The lowest BCUT2D eigenvalue weighted by molar-refractivity contribution is -0.126. The Balaban J connectivity index is 1.20. The Kier molecular flexibility index (Phi) is 7.08. The van der Waals surface area contributed by atoms with Crippen LogP contribution in [0.1, 0.15) is 38.2 Å². The summed E-state index contributed by atoms with van der Waals surface area (Å²) in [5, 5.41) is 3.31. The molecule has 8 heteroatoms. The van der Waals surface area contributed by atoms with Gasteiger partial charge in [0.25, 0.3) is 5.56 Å². The first-order valence-corrected chi connectivity index (χ1v) is 12.8. The standard InChI is InChI=1S/C27H34N6O2/c1-2-33-24-23(11-6-14-28-24)30-25(27(33)35)32-15-7-10-21(19-32)26(34)29-22-12-16-31(17-13-22)18-20-8-4-3-5-9-20/h3-6,8-9,11,14,21-22H,2,7,10,12-13,15-19H2,1H3,(H,29,34). The quantitative estimate of drug-likeness (QED) is 0.592. The molecule has 35 heavy (non-hydrogen) atoms. The fraction of sp³-hybridized carbons (Fsp3) is 0.481. The zero-order valence-electron chi connectivity index (χ0n) is 20.4. The van der Waals surface area contributed by atoms with Gasteiger partial charge in [0, 0.05) is 51.5 Å². The molecule has 4 heterocycles. The van der Waals surface area contributed by atoms with Crippen molar-refractivity contribution in [3.05, 3.63) is 64.6 Å². The van der Waals surface area contributed by atoms with Gasteiger partial charge in [-0.15, -0.1) is 0 Å². The maximum absolute atomic E-state index is 13.2. The van der Waals surface area contributed by atoms with Crippen molar-refractivity contribution in [2.75, 3.05) is 31.1 Å². The lowest BCUT2D eigenvalue weighted by Gasteiger charge is -2.35. The fourth-order valence-corrected chi connectivity index (χ4v) is 5.34. The van der Waals surface area contributed by atoms with Gasteiger partial charge in [0.1, 0.15) is 5.52 Å². The lowest BCUT2D eigenvalue weighted by atomic mass is 9.95. The highest BCUT2D eigenvalue weighted by atomic mass is 16.2. The van der Waals surface area contributed by atoms with Crippen LogP contribution in [0.15, 0.2) is 53.5 Å². The summed E-state index contributed by atoms with van der Waals surface area (Å²) in [4.78, 5) is 39.8. The molecule has 0 saturated carbocycles. The lowest BCUT2D eigenvalue weighted by Crippen LogP contribution is -2.50. The number of carbonyl (C=O) groups is 1. The number of aromatic nitrogens is 3. The Hall–Kier alpha value is -3.26. The Morgan fingerprint density at radius 2 is 1.86 bits per heavy atom. The van der Waals surface area contributed by atoms with E-state index in [0.717, 1.165) is 51.9 Å². The third-order valence-corrected chi connectivity index (χ3v) is 7.28. The van der Waals surface area contributed by atoms with Crippen molar-refractivity contribution in [2.45, 2.75) is 51.7 Å². The molecule has 2 aromatic heterocycles. The van der Waals surface area contributed by atoms with Crippen LogP contribution in [-0.4, -0.2) is 57.6 Å². The zero-order chi connectivity index (χ0) is 24.2. The van der Waals surface area contributed by atoms with Crippen LogP contribution in [0.4, 0.5) is 5.82 Å². The highest BCUT2D eigenvalue weighted by Crippen LogP contribution is 2.22. The van der Waals surface area contributed by atoms with Crippen molar-refractivity contribution in [2.24, 2.45) is 5.92 Å². The van der Waals surface area contributed by atoms with E-state index >= 15 is 0 Å². The zero-order valence-corrected chi connectivity index (χ0v) is 20.4. The summed E-state index contributed by atoms with van der Waals surface area (Å²) < 4.78 is 1.67. The second-order valence-corrected chi connectivity index (χ2v) is 9.66. The first-order chi connectivity index (χ1) is 17.1. The topological polar surface area (TPSA) is 83.4 Å². The Morgan fingerprint density at radius 1 is 1.06 bits per heavy atom. The highest BCUT2D eigenvalue weighted by Gasteiger charge is 2.30. The van der Waals surface area contributed by atoms with Crippen LogP contribution < -0.4 is 15.8 Å². The smallest absolute Gasteiger partial charge is 0.295 e. The molecule has 1 N–H and O–H groups in total. The van der Waals surface area contributed by atoms with Crippen molar-refractivity contribution in [3.63, 3.8) is 0 Å². The van der Waals surface area contributed by atoms with Crippen LogP contribution in [0.2, 0.25) is 0 Å². The van der Waals surface area contributed by atoms with E-state index in [1.165, 1.54) is 5.56 Å². The van der Waals surface area contributed by atoms with Gasteiger partial charge < -0.3 is 10.2 Å². The molecule has 3 aromatic rings. The number of hydrogen-bond donors (Lipinski definition) is 1. The number of likely N-dealkylation sites (tertiary alicyclic amines) is 1. The number of pyridine rings is 1. The van der Waals surface area contributed by atoms with E-state index in [9.17, 15) is 9.59 Å². The minimum Gasteiger partial charge on any atom is -0.353 e. The van der Waals surface area contributed by atoms with Gasteiger partial charge in [-0.25, -0.2) is 9.97 Å². The maximum Gasteiger partial charge on any atom is 0.295 e. The molecular formula is C27H34N6O2. The van der Waals surface area contributed by atoms with Gasteiger partial charge in [-0.2, -0.15) is 0 Å². The van der Waals surface area contributed by atoms with Crippen LogP contribution in [-0.2, 0) is 17.9 Å². The van der Waals surface area contributed by atoms with E-state index in [2.05, 4.69) is 44.5 Å². The average molecular weight is 475 g/mol. The van der Waals surface area contributed by atoms with Gasteiger partial charge in [-0.1, -0.05) is 30.3 Å². The number of carbonyl (C=O) groups excluding carboxylic acids is 1. The van der Waals surface area contributed by atoms with E-state index in [-0.39, 0.29) is 23.4 Å². The number of nitrogens with zero attached hydrogens (tertiary/aromatic N) is 5. The number of hydrogen-bond acceptors (Lipinski definition) is 6. The predicted molar refractivity (Wildman–Crippen MR) is 137 cm³/mol. The molecule has 1 aromatic carbocycles. The van der Waals surface area contributed by atoms with Gasteiger partial charge >= 0.3 is 0 Å². The highest BCUT2D eigenvalue weighted by molar-refractivity contribution is 5.80. The summed E-state index contributed by atoms with van der Waals surface area (Å²) >= 11 is 0. The Labute approximate surface area is 206 Å². The van der Waals surface area contributed by atoms with Gasteiger partial charge in [0.05, 0.1) is 5.92 Å². The predicted octanol–water partition coefficient (Wildman–Crippen LogP) is 2.81. The number of anilines is 1. The van der Waals surface area contributed by atoms with Crippen LogP contribution in [0.5, 0.6) is 0 Å². The van der Waals surface area contributed by atoms with E-state index in [1.54, 1.807) is 10.8 Å². The van der Waals surface area contributed by atoms with Crippen LogP contribution in [0.3, 0.4) is 0 Å². The summed E-state index contributed by atoms with van der Waals surface area (Å²) in [6.07, 6.45) is 5.33. The fourth-order valence-electron chi connectivity index (χ4n) is 5.34. The number of benzene rings is 1. The summed E-state index contributed by atoms with van der Waals surface area (Å²) in [5.74, 6) is 0.403. The van der Waals surface area contributed by atoms with Crippen LogP contribution in [0.25, 0.3) is 11.2 Å². The molecule has 1 unspecified atom stereocenters. The third-order valence-electron chi connectivity index (χ3n) is 7.28. The second kappa shape index (κ2) is 10.6. The summed E-state index contributed by atoms with van der Waals surface area (Å²) in [6, 6.07) is 14.5. The van der Waals surface area contributed by atoms with Gasteiger partial charge in [0.15, 0.2) is 11.5 Å². The first kappa shape index (κ1) is 23.5. The maximum atomic E-state index is 13.2. The number of fused-ring (bicyclic) bond motifs is 1. The molecule has 2 fully saturated rings. The van der Waals surface area contributed by atoms with Gasteiger partial charge in [-0.3, -0.25) is 19.1 Å². The van der Waals surface area contributed by atoms with Gasteiger partial charge in [0.2, 0.25) is 5.91 Å². The number of amides is 1. The van der Waals surface area contributed by atoms with Crippen molar-refractivity contribution in [1.29, 1.82) is 0 Å². The normalized spacial score (nSPS) is 19.7. The van der Waals surface area contributed by atoms with E-state index < -0.39 is 0 Å². The minimum atomic E-state index is -0.134. The molecule has 1 atom stereocenters. The molecule has 2 aliphatic heterocycles. The molecule has 2 aliphatic rings. The molecular weight excluding hydrogens is 440 g/mol. The van der Waals surface area contributed by atoms with Crippen LogP contribution in [0, 0.1) is 5.92 Å². The molecule has 0 radical (unpaired) electrons. The number of aryl methyl sites for hydroxylation is 1. The Bertz CT molecular complexity index is 1220. The molecule has 2 saturated heterocycles. The third kappa shape index (κ3) is 5.22. The van der Waals surface area contributed by atoms with E-state index in [1.807, 2.05) is 30.0 Å². The summed E-state index contributed by atoms with van der Waals surface area (Å²) in [5.41, 5.74) is 2.51. The van der Waals surface area contributed by atoms with Crippen molar-refractivity contribution >= 4 is 22.9 Å². The minimum absolute atomic E-state index is 0.106. The SMILES string of the molecule is CCn1c(=O)c(N2CCCC(C(=O)NC3CCN(Cc4ccccc4)CC3)C2)nc2cccnc21. The number of rotatable bonds is 6. The van der Waals surface area contributed by atoms with E-state index in [4.69, 9.17) is 0 Å². The number of piperidine rings is 2. The molecule has 0 bridgehead atoms. The summed E-state index contributed by atoms with van der Waals surface area (Å²) in [6.45, 7) is 6.67. The molecule has 1 amide bonds. The van der Waals surface area contributed by atoms with Crippen molar-refractivity contribution in [1.82, 2.24) is 24.8 Å².